The first-order chi connectivity index (χ1) is 13.8. The van der Waals surface area contributed by atoms with Crippen molar-refractivity contribution in [2.45, 2.75) is 38.4 Å². The molecule has 1 saturated heterocycles. The maximum atomic E-state index is 12.3. The quantitative estimate of drug-likeness (QED) is 0.760. The fraction of sp³-hybridized carbons (Fsp3) is 0.450. The monoisotopic (exact) mass is 408 g/mol. The highest BCUT2D eigenvalue weighted by molar-refractivity contribution is 5.78. The molecule has 0 bridgehead atoms. The van der Waals surface area contributed by atoms with Gasteiger partial charge in [0.05, 0.1) is 24.4 Å². The van der Waals surface area contributed by atoms with Crippen LogP contribution in [0.2, 0.25) is 0 Å². The fourth-order valence-electron chi connectivity index (χ4n) is 3.10. The van der Waals surface area contributed by atoms with Crippen molar-refractivity contribution >= 4 is 11.7 Å². The summed E-state index contributed by atoms with van der Waals surface area (Å²) in [4.78, 5) is 23.0. The van der Waals surface area contributed by atoms with Crippen LogP contribution in [0, 0.1) is 0 Å². The van der Waals surface area contributed by atoms with Gasteiger partial charge >= 0.3 is 6.18 Å². The fourth-order valence-corrected chi connectivity index (χ4v) is 3.10. The smallest absolute Gasteiger partial charge is 0.422 e. The van der Waals surface area contributed by atoms with Crippen molar-refractivity contribution in [2.24, 2.45) is 0 Å². The van der Waals surface area contributed by atoms with E-state index >= 15 is 0 Å². The Labute approximate surface area is 167 Å². The van der Waals surface area contributed by atoms with Crippen LogP contribution in [0.5, 0.6) is 5.75 Å². The first-order valence-electron chi connectivity index (χ1n) is 9.45. The van der Waals surface area contributed by atoms with Gasteiger partial charge in [-0.2, -0.15) is 13.2 Å². The van der Waals surface area contributed by atoms with Gasteiger partial charge in [-0.05, 0) is 43.5 Å². The SMILES string of the molecule is C[C@@H](NC(=O)Cc1ccc(N2CCCC2)nc1)c1ccc(OCC(F)(F)F)cn1. The summed E-state index contributed by atoms with van der Waals surface area (Å²) in [6.07, 6.45) is 1.06. The minimum atomic E-state index is -4.40. The lowest BCUT2D eigenvalue weighted by Gasteiger charge is -2.17. The molecule has 1 amide bonds. The number of alkyl halides is 3. The highest BCUT2D eigenvalue weighted by atomic mass is 19.4. The third kappa shape index (κ3) is 6.33. The largest absolute Gasteiger partial charge is 0.483 e. The molecule has 156 valence electrons. The van der Waals surface area contributed by atoms with Crippen molar-refractivity contribution in [2.75, 3.05) is 24.6 Å². The molecule has 1 aliphatic rings. The van der Waals surface area contributed by atoms with Gasteiger partial charge in [0.25, 0.3) is 0 Å². The number of carbonyl (C=O) groups is 1. The highest BCUT2D eigenvalue weighted by Gasteiger charge is 2.28. The second kappa shape index (κ2) is 9.11. The van der Waals surface area contributed by atoms with Crippen molar-refractivity contribution in [3.8, 4) is 5.75 Å². The van der Waals surface area contributed by atoms with Gasteiger partial charge in [0, 0.05) is 19.3 Å². The summed E-state index contributed by atoms with van der Waals surface area (Å²) in [5.74, 6) is 0.762. The lowest BCUT2D eigenvalue weighted by Crippen LogP contribution is -2.28. The molecule has 1 fully saturated rings. The minimum absolute atomic E-state index is 0.0220. The van der Waals surface area contributed by atoms with Gasteiger partial charge in [-0.3, -0.25) is 9.78 Å². The molecule has 0 saturated carbocycles. The summed E-state index contributed by atoms with van der Waals surface area (Å²) in [6, 6.07) is 6.37. The van der Waals surface area contributed by atoms with Crippen molar-refractivity contribution in [1.29, 1.82) is 0 Å². The lowest BCUT2D eigenvalue weighted by atomic mass is 10.1. The Balaban J connectivity index is 1.49. The molecule has 1 aliphatic heterocycles. The normalized spacial score (nSPS) is 15.2. The van der Waals surface area contributed by atoms with E-state index in [4.69, 9.17) is 0 Å². The Morgan fingerprint density at radius 2 is 1.93 bits per heavy atom. The Hall–Kier alpha value is -2.84. The molecule has 29 heavy (non-hydrogen) atoms. The van der Waals surface area contributed by atoms with Gasteiger partial charge in [-0.1, -0.05) is 6.07 Å². The van der Waals surface area contributed by atoms with Crippen LogP contribution in [0.15, 0.2) is 36.7 Å². The second-order valence-electron chi connectivity index (χ2n) is 7.01. The molecule has 2 aromatic rings. The number of halogens is 3. The number of ether oxygens (including phenoxy) is 1. The molecular weight excluding hydrogens is 385 g/mol. The zero-order valence-electron chi connectivity index (χ0n) is 16.1. The molecule has 3 rings (SSSR count). The molecule has 0 aromatic carbocycles. The molecule has 0 spiro atoms. The van der Waals surface area contributed by atoms with E-state index in [1.165, 1.54) is 31.2 Å². The van der Waals surface area contributed by atoms with Crippen LogP contribution in [0.3, 0.4) is 0 Å². The number of carbonyl (C=O) groups excluding carboxylic acids is 1. The van der Waals surface area contributed by atoms with Gasteiger partial charge in [0.1, 0.15) is 11.6 Å². The first-order valence-corrected chi connectivity index (χ1v) is 9.45. The Kier molecular flexibility index (Phi) is 6.56. The number of hydrogen-bond acceptors (Lipinski definition) is 5. The number of aromatic nitrogens is 2. The number of nitrogens with zero attached hydrogens (tertiary/aromatic N) is 3. The van der Waals surface area contributed by atoms with E-state index in [0.29, 0.717) is 5.69 Å². The van der Waals surface area contributed by atoms with E-state index in [-0.39, 0.29) is 18.1 Å². The topological polar surface area (TPSA) is 67.4 Å². The van der Waals surface area contributed by atoms with Crippen molar-refractivity contribution < 1.29 is 22.7 Å². The lowest BCUT2D eigenvalue weighted by molar-refractivity contribution is -0.153. The average molecular weight is 408 g/mol. The van der Waals surface area contributed by atoms with E-state index < -0.39 is 18.8 Å². The molecule has 3 heterocycles. The van der Waals surface area contributed by atoms with Crippen LogP contribution >= 0.6 is 0 Å². The van der Waals surface area contributed by atoms with Gasteiger partial charge in [0.2, 0.25) is 5.91 Å². The van der Waals surface area contributed by atoms with Crippen LogP contribution in [0.1, 0.15) is 37.1 Å². The minimum Gasteiger partial charge on any atom is -0.483 e. The van der Waals surface area contributed by atoms with E-state index in [0.717, 1.165) is 24.5 Å². The molecule has 2 aromatic heterocycles. The predicted octanol–water partition coefficient (Wildman–Crippen LogP) is 3.44. The van der Waals surface area contributed by atoms with Gasteiger partial charge in [0.15, 0.2) is 6.61 Å². The van der Waals surface area contributed by atoms with E-state index in [2.05, 4.69) is 24.9 Å². The predicted molar refractivity (Wildman–Crippen MR) is 102 cm³/mol. The number of pyridine rings is 2. The molecule has 6 nitrogen and oxygen atoms in total. The Bertz CT molecular complexity index is 804. The average Bonchev–Trinajstić information content (AvgIpc) is 3.21. The molecule has 0 radical (unpaired) electrons. The number of nitrogens with one attached hydrogen (secondary N) is 1. The summed E-state index contributed by atoms with van der Waals surface area (Å²) in [5, 5.41) is 2.83. The van der Waals surface area contributed by atoms with Crippen molar-refractivity contribution in [3.63, 3.8) is 0 Å². The number of hydrogen-bond donors (Lipinski definition) is 1. The number of anilines is 1. The summed E-state index contributed by atoms with van der Waals surface area (Å²) >= 11 is 0. The zero-order chi connectivity index (χ0) is 20.9. The van der Waals surface area contributed by atoms with Crippen LogP contribution in [0.4, 0.5) is 19.0 Å². The molecule has 0 aliphatic carbocycles. The highest BCUT2D eigenvalue weighted by Crippen LogP contribution is 2.20. The van der Waals surface area contributed by atoms with Crippen molar-refractivity contribution in [1.82, 2.24) is 15.3 Å². The number of amides is 1. The van der Waals surface area contributed by atoms with Gasteiger partial charge in [-0.15, -0.1) is 0 Å². The molecule has 1 N–H and O–H groups in total. The summed E-state index contributed by atoms with van der Waals surface area (Å²) in [7, 11) is 0. The molecular formula is C20H23F3N4O2. The maximum Gasteiger partial charge on any atom is 0.422 e. The first kappa shape index (κ1) is 20.9. The van der Waals surface area contributed by atoms with Crippen LogP contribution < -0.4 is 15.0 Å². The van der Waals surface area contributed by atoms with Crippen LogP contribution in [-0.4, -0.2) is 41.7 Å². The van der Waals surface area contributed by atoms with Crippen LogP contribution in [-0.2, 0) is 11.2 Å². The van der Waals surface area contributed by atoms with Crippen LogP contribution in [0.25, 0.3) is 0 Å². The zero-order valence-corrected chi connectivity index (χ0v) is 16.1. The van der Waals surface area contributed by atoms with Crippen molar-refractivity contribution in [3.05, 3.63) is 47.9 Å². The molecule has 0 unspecified atom stereocenters. The molecule has 9 heteroatoms. The second-order valence-corrected chi connectivity index (χ2v) is 7.01. The third-order valence-corrected chi connectivity index (χ3v) is 4.59. The Morgan fingerprint density at radius 3 is 2.52 bits per heavy atom. The molecule has 1 atom stereocenters. The maximum absolute atomic E-state index is 12.3. The summed E-state index contributed by atoms with van der Waals surface area (Å²) in [5.41, 5.74) is 1.33. The van der Waals surface area contributed by atoms with E-state index in [1.807, 2.05) is 12.1 Å². The summed E-state index contributed by atoms with van der Waals surface area (Å²) in [6.45, 7) is 2.41. The van der Waals surface area contributed by atoms with E-state index in [1.54, 1.807) is 13.1 Å². The van der Waals surface area contributed by atoms with Gasteiger partial charge in [-0.25, -0.2) is 4.98 Å². The Morgan fingerprint density at radius 1 is 1.17 bits per heavy atom. The standard InChI is InChI=1S/C20H23F3N4O2/c1-14(17-6-5-16(12-24-17)29-13-20(21,22)23)26-19(28)10-15-4-7-18(25-11-15)27-8-2-3-9-27/h4-7,11-12,14H,2-3,8-10,13H2,1H3,(H,26,28)/t14-/m1/s1. The summed E-state index contributed by atoms with van der Waals surface area (Å²) < 4.78 is 41.1. The number of rotatable bonds is 7. The van der Waals surface area contributed by atoms with E-state index in [9.17, 15) is 18.0 Å². The third-order valence-electron chi connectivity index (χ3n) is 4.59. The van der Waals surface area contributed by atoms with Gasteiger partial charge < -0.3 is 15.0 Å².